The van der Waals surface area contributed by atoms with Crippen LogP contribution in [0.15, 0.2) is 5.38 Å². The molecule has 2 atom stereocenters. The molecule has 2 heterocycles. The molecule has 0 saturated carbocycles. The lowest BCUT2D eigenvalue weighted by molar-refractivity contribution is 0.494. The molecular formula is C11H18N2O2S2. The Kier molecular flexibility index (Phi) is 3.85. The first kappa shape index (κ1) is 13.0. The first-order valence-corrected chi connectivity index (χ1v) is 8.47. The number of hydrogen-bond donors (Lipinski definition) is 1. The fourth-order valence-electron chi connectivity index (χ4n) is 2.29. The summed E-state index contributed by atoms with van der Waals surface area (Å²) < 4.78 is 23.8. The van der Waals surface area contributed by atoms with Crippen LogP contribution >= 0.6 is 11.3 Å². The molecule has 1 aromatic heterocycles. The van der Waals surface area contributed by atoms with Crippen LogP contribution in [0.5, 0.6) is 0 Å². The van der Waals surface area contributed by atoms with E-state index in [0.717, 1.165) is 23.5 Å². The maximum atomic E-state index is 11.9. The minimum atomic E-state index is -2.98. The van der Waals surface area contributed by atoms with Gasteiger partial charge in [0.1, 0.15) is 0 Å². The molecule has 2 unspecified atom stereocenters. The third-order valence-electron chi connectivity index (χ3n) is 3.18. The second-order valence-electron chi connectivity index (χ2n) is 4.65. The monoisotopic (exact) mass is 274 g/mol. The number of nitrogens with zero attached hydrogens (tertiary/aromatic N) is 1. The SMILES string of the molecule is Cc1csc(CC(N)C2CCCCS2(=O)=O)n1. The van der Waals surface area contributed by atoms with Gasteiger partial charge in [-0.1, -0.05) is 6.42 Å². The van der Waals surface area contributed by atoms with Gasteiger partial charge in [-0.3, -0.25) is 0 Å². The number of thiazole rings is 1. The molecule has 2 N–H and O–H groups in total. The third-order valence-corrected chi connectivity index (χ3v) is 6.54. The number of nitrogens with two attached hydrogens (primary N) is 1. The first-order valence-electron chi connectivity index (χ1n) is 5.87. The van der Waals surface area contributed by atoms with Crippen LogP contribution < -0.4 is 5.73 Å². The van der Waals surface area contributed by atoms with Crippen LogP contribution in [0.2, 0.25) is 0 Å². The molecule has 0 amide bonds. The zero-order valence-corrected chi connectivity index (χ0v) is 11.6. The molecule has 0 bridgehead atoms. The first-order chi connectivity index (χ1) is 7.99. The van der Waals surface area contributed by atoms with Crippen LogP contribution in [0.3, 0.4) is 0 Å². The average molecular weight is 274 g/mol. The molecular weight excluding hydrogens is 256 g/mol. The van der Waals surface area contributed by atoms with Gasteiger partial charge < -0.3 is 5.73 Å². The maximum absolute atomic E-state index is 11.9. The van der Waals surface area contributed by atoms with E-state index in [9.17, 15) is 8.42 Å². The predicted molar refractivity (Wildman–Crippen MR) is 70.0 cm³/mol. The summed E-state index contributed by atoms with van der Waals surface area (Å²) in [6.07, 6.45) is 3.02. The van der Waals surface area contributed by atoms with Gasteiger partial charge in [-0.2, -0.15) is 0 Å². The van der Waals surface area contributed by atoms with E-state index in [2.05, 4.69) is 4.98 Å². The minimum Gasteiger partial charge on any atom is -0.326 e. The molecule has 96 valence electrons. The van der Waals surface area contributed by atoms with Crippen LogP contribution in [0, 0.1) is 6.92 Å². The van der Waals surface area contributed by atoms with E-state index in [1.165, 1.54) is 0 Å². The van der Waals surface area contributed by atoms with Crippen LogP contribution in [0.25, 0.3) is 0 Å². The quantitative estimate of drug-likeness (QED) is 0.901. The Morgan fingerprint density at radius 2 is 2.35 bits per heavy atom. The fourth-order valence-corrected chi connectivity index (χ4v) is 5.20. The molecule has 0 radical (unpaired) electrons. The van der Waals surface area contributed by atoms with Gasteiger partial charge in [0.2, 0.25) is 0 Å². The molecule has 0 spiro atoms. The van der Waals surface area contributed by atoms with E-state index in [-0.39, 0.29) is 11.3 Å². The summed E-state index contributed by atoms with van der Waals surface area (Å²) in [4.78, 5) is 4.34. The molecule has 1 aliphatic rings. The summed E-state index contributed by atoms with van der Waals surface area (Å²) in [6, 6.07) is -0.314. The summed E-state index contributed by atoms with van der Waals surface area (Å²) >= 11 is 1.56. The van der Waals surface area contributed by atoms with E-state index in [0.29, 0.717) is 18.6 Å². The van der Waals surface area contributed by atoms with E-state index in [1.54, 1.807) is 11.3 Å². The fraction of sp³-hybridized carbons (Fsp3) is 0.727. The Hall–Kier alpha value is -0.460. The Bertz CT molecular complexity index is 481. The molecule has 1 aliphatic heterocycles. The molecule has 17 heavy (non-hydrogen) atoms. The number of sulfone groups is 1. The van der Waals surface area contributed by atoms with Crippen LogP contribution in [0.4, 0.5) is 0 Å². The Morgan fingerprint density at radius 1 is 1.59 bits per heavy atom. The van der Waals surface area contributed by atoms with Gasteiger partial charge in [0.15, 0.2) is 9.84 Å². The highest BCUT2D eigenvalue weighted by molar-refractivity contribution is 7.92. The smallest absolute Gasteiger partial charge is 0.154 e. The molecule has 6 heteroatoms. The van der Waals surface area contributed by atoms with Crippen molar-refractivity contribution in [1.29, 1.82) is 0 Å². The van der Waals surface area contributed by atoms with Crippen molar-refractivity contribution in [3.8, 4) is 0 Å². The lowest BCUT2D eigenvalue weighted by atomic mass is 10.1. The van der Waals surface area contributed by atoms with Crippen molar-refractivity contribution >= 4 is 21.2 Å². The van der Waals surface area contributed by atoms with Crippen LogP contribution in [0.1, 0.15) is 30.0 Å². The molecule has 4 nitrogen and oxygen atoms in total. The summed E-state index contributed by atoms with van der Waals surface area (Å²) in [7, 11) is -2.98. The standard InChI is InChI=1S/C11H18N2O2S2/c1-8-7-16-11(13-8)6-9(12)10-4-2-3-5-17(10,14)15/h7,9-10H,2-6,12H2,1H3. The lowest BCUT2D eigenvalue weighted by Gasteiger charge is -2.26. The van der Waals surface area contributed by atoms with Crippen molar-refractivity contribution in [2.75, 3.05) is 5.75 Å². The van der Waals surface area contributed by atoms with Gasteiger partial charge in [-0.25, -0.2) is 13.4 Å². The lowest BCUT2D eigenvalue weighted by Crippen LogP contribution is -2.44. The number of rotatable bonds is 3. The highest BCUT2D eigenvalue weighted by atomic mass is 32.2. The average Bonchev–Trinajstić information content (AvgIpc) is 2.63. The van der Waals surface area contributed by atoms with Crippen molar-refractivity contribution < 1.29 is 8.42 Å². The highest BCUT2D eigenvalue weighted by Gasteiger charge is 2.33. The molecule has 1 aromatic rings. The van der Waals surface area contributed by atoms with Gasteiger partial charge in [0.25, 0.3) is 0 Å². The van der Waals surface area contributed by atoms with Crippen molar-refractivity contribution in [3.63, 3.8) is 0 Å². The predicted octanol–water partition coefficient (Wildman–Crippen LogP) is 1.29. The van der Waals surface area contributed by atoms with Crippen molar-refractivity contribution in [2.45, 2.75) is 43.9 Å². The van der Waals surface area contributed by atoms with Gasteiger partial charge in [-0.05, 0) is 19.8 Å². The maximum Gasteiger partial charge on any atom is 0.154 e. The molecule has 0 aromatic carbocycles. The minimum absolute atomic E-state index is 0.294. The number of aromatic nitrogens is 1. The topological polar surface area (TPSA) is 73.1 Å². The van der Waals surface area contributed by atoms with Crippen molar-refractivity contribution in [2.24, 2.45) is 5.73 Å². The summed E-state index contributed by atoms with van der Waals surface area (Å²) in [5.74, 6) is 0.294. The van der Waals surface area contributed by atoms with Crippen molar-refractivity contribution in [3.05, 3.63) is 16.1 Å². The summed E-state index contributed by atoms with van der Waals surface area (Å²) in [5.41, 5.74) is 7.03. The second-order valence-corrected chi connectivity index (χ2v) is 7.93. The Morgan fingerprint density at radius 3 is 2.94 bits per heavy atom. The second kappa shape index (κ2) is 5.04. The highest BCUT2D eigenvalue weighted by Crippen LogP contribution is 2.23. The van der Waals surface area contributed by atoms with Gasteiger partial charge in [-0.15, -0.1) is 11.3 Å². The van der Waals surface area contributed by atoms with Crippen molar-refractivity contribution in [1.82, 2.24) is 4.98 Å². The van der Waals surface area contributed by atoms with E-state index in [4.69, 9.17) is 5.73 Å². The Balaban J connectivity index is 2.06. The summed E-state index contributed by atoms with van der Waals surface area (Å²) in [5, 5.41) is 2.54. The zero-order valence-electron chi connectivity index (χ0n) is 9.93. The third kappa shape index (κ3) is 3.05. The number of hydrogen-bond acceptors (Lipinski definition) is 5. The Labute approximate surface area is 106 Å². The van der Waals surface area contributed by atoms with Gasteiger partial charge in [0.05, 0.1) is 16.0 Å². The molecule has 2 rings (SSSR count). The molecule has 1 saturated heterocycles. The molecule has 1 fully saturated rings. The summed E-state index contributed by atoms with van der Waals surface area (Å²) in [6.45, 7) is 1.93. The largest absolute Gasteiger partial charge is 0.326 e. The van der Waals surface area contributed by atoms with E-state index in [1.807, 2.05) is 12.3 Å². The van der Waals surface area contributed by atoms with Crippen LogP contribution in [-0.4, -0.2) is 30.4 Å². The van der Waals surface area contributed by atoms with E-state index < -0.39 is 9.84 Å². The van der Waals surface area contributed by atoms with Gasteiger partial charge in [0, 0.05) is 23.5 Å². The molecule has 0 aliphatic carbocycles. The van der Waals surface area contributed by atoms with Gasteiger partial charge >= 0.3 is 0 Å². The van der Waals surface area contributed by atoms with Crippen LogP contribution in [-0.2, 0) is 16.3 Å². The number of aryl methyl sites for hydroxylation is 1. The normalized spacial score (nSPS) is 25.6. The van der Waals surface area contributed by atoms with E-state index >= 15 is 0 Å². The zero-order chi connectivity index (χ0) is 12.5.